The van der Waals surface area contributed by atoms with Gasteiger partial charge in [-0.3, -0.25) is 0 Å². The third-order valence-corrected chi connectivity index (χ3v) is 5.19. The highest BCUT2D eigenvalue weighted by molar-refractivity contribution is 5.53. The normalized spacial score (nSPS) is 33.1. The summed E-state index contributed by atoms with van der Waals surface area (Å²) in [5.74, 6) is 2.14. The van der Waals surface area contributed by atoms with E-state index in [1.165, 1.54) is 23.4 Å². The van der Waals surface area contributed by atoms with Crippen molar-refractivity contribution in [1.82, 2.24) is 4.57 Å². The third-order valence-electron chi connectivity index (χ3n) is 5.19. The molecular formula is C17H14FN. The number of aromatic nitrogens is 1. The Morgan fingerprint density at radius 3 is 2.79 bits per heavy atom. The van der Waals surface area contributed by atoms with Crippen molar-refractivity contribution in [2.45, 2.75) is 18.3 Å². The third kappa shape index (κ3) is 1.11. The molecule has 2 heteroatoms. The molecule has 0 radical (unpaired) electrons. The molecule has 19 heavy (non-hydrogen) atoms. The molecule has 2 aromatic rings. The fourth-order valence-corrected chi connectivity index (χ4v) is 4.55. The first-order valence-electron chi connectivity index (χ1n) is 6.98. The van der Waals surface area contributed by atoms with Crippen LogP contribution in [0.15, 0.2) is 48.7 Å². The minimum Gasteiger partial charge on any atom is -0.320 e. The average molecular weight is 251 g/mol. The van der Waals surface area contributed by atoms with Gasteiger partial charge in [-0.2, -0.15) is 0 Å². The fraction of sp³-hybridized carbons (Fsp3) is 0.294. The molecule has 94 valence electrons. The van der Waals surface area contributed by atoms with Crippen molar-refractivity contribution in [3.63, 3.8) is 0 Å². The second kappa shape index (κ2) is 3.19. The molecule has 2 bridgehead atoms. The molecule has 2 heterocycles. The fourth-order valence-electron chi connectivity index (χ4n) is 4.55. The minimum absolute atomic E-state index is 0.111. The lowest BCUT2D eigenvalue weighted by atomic mass is 9.74. The van der Waals surface area contributed by atoms with Crippen LogP contribution >= 0.6 is 0 Å². The van der Waals surface area contributed by atoms with Crippen molar-refractivity contribution in [2.24, 2.45) is 11.8 Å². The molecule has 3 aliphatic rings. The molecule has 0 saturated heterocycles. The van der Waals surface area contributed by atoms with E-state index in [2.05, 4.69) is 35.0 Å². The molecular weight excluding hydrogens is 237 g/mol. The van der Waals surface area contributed by atoms with E-state index in [0.29, 0.717) is 23.7 Å². The maximum atomic E-state index is 13.7. The molecule has 0 amide bonds. The maximum Gasteiger partial charge on any atom is 0.123 e. The predicted molar refractivity (Wildman–Crippen MR) is 71.9 cm³/mol. The topological polar surface area (TPSA) is 4.93 Å². The Morgan fingerprint density at radius 1 is 1.05 bits per heavy atom. The van der Waals surface area contributed by atoms with Gasteiger partial charge in [-0.15, -0.1) is 0 Å². The monoisotopic (exact) mass is 251 g/mol. The van der Waals surface area contributed by atoms with Crippen LogP contribution in [0.5, 0.6) is 0 Å². The lowest BCUT2D eigenvalue weighted by Crippen LogP contribution is -2.25. The van der Waals surface area contributed by atoms with Crippen LogP contribution in [0.4, 0.5) is 4.39 Å². The van der Waals surface area contributed by atoms with E-state index >= 15 is 0 Å². The first-order chi connectivity index (χ1) is 9.33. The molecule has 2 aliphatic carbocycles. The van der Waals surface area contributed by atoms with Crippen molar-refractivity contribution < 1.29 is 4.39 Å². The second-order valence-corrected chi connectivity index (χ2v) is 6.01. The number of fused-ring (bicyclic) bond motifs is 10. The van der Waals surface area contributed by atoms with Crippen LogP contribution in [-0.4, -0.2) is 4.57 Å². The van der Waals surface area contributed by atoms with E-state index in [0.717, 1.165) is 0 Å². The van der Waals surface area contributed by atoms with Gasteiger partial charge in [-0.05, 0) is 54.2 Å². The Balaban J connectivity index is 1.85. The summed E-state index contributed by atoms with van der Waals surface area (Å²) < 4.78 is 15.9. The first kappa shape index (κ1) is 10.0. The van der Waals surface area contributed by atoms with Gasteiger partial charge in [-0.25, -0.2) is 4.39 Å². The van der Waals surface area contributed by atoms with Gasteiger partial charge >= 0.3 is 0 Å². The summed E-state index contributed by atoms with van der Waals surface area (Å²) in [6, 6.07) is 9.61. The van der Waals surface area contributed by atoms with Gasteiger partial charge in [0.25, 0.3) is 0 Å². The van der Waals surface area contributed by atoms with E-state index in [9.17, 15) is 4.39 Å². The van der Waals surface area contributed by atoms with Crippen LogP contribution in [0.1, 0.15) is 29.5 Å². The number of hydrogen-bond acceptors (Lipinski definition) is 0. The van der Waals surface area contributed by atoms with E-state index in [4.69, 9.17) is 0 Å². The van der Waals surface area contributed by atoms with Crippen LogP contribution in [0, 0.1) is 17.7 Å². The molecule has 0 spiro atoms. The van der Waals surface area contributed by atoms with Gasteiger partial charge in [0.05, 0.1) is 0 Å². The SMILES string of the molecule is Fc1ccc2c(c1)C1C3C=CC(C3)C1c1cccn1-2. The van der Waals surface area contributed by atoms with Crippen LogP contribution in [-0.2, 0) is 0 Å². The van der Waals surface area contributed by atoms with Crippen LogP contribution in [0.2, 0.25) is 0 Å². The lowest BCUT2D eigenvalue weighted by Gasteiger charge is -2.36. The van der Waals surface area contributed by atoms with Crippen LogP contribution in [0.25, 0.3) is 5.69 Å². The quantitative estimate of drug-likeness (QED) is 0.624. The molecule has 1 nitrogen and oxygen atoms in total. The number of rotatable bonds is 0. The largest absolute Gasteiger partial charge is 0.320 e. The Labute approximate surface area is 111 Å². The van der Waals surface area contributed by atoms with Crippen LogP contribution < -0.4 is 0 Å². The van der Waals surface area contributed by atoms with Gasteiger partial charge < -0.3 is 4.57 Å². The lowest BCUT2D eigenvalue weighted by molar-refractivity contribution is 0.470. The highest BCUT2D eigenvalue weighted by Crippen LogP contribution is 2.60. The number of benzene rings is 1. The summed E-state index contributed by atoms with van der Waals surface area (Å²) in [5.41, 5.74) is 3.77. The zero-order valence-electron chi connectivity index (χ0n) is 10.5. The average Bonchev–Trinajstić information content (AvgIpc) is 3.13. The molecule has 1 saturated carbocycles. The Hall–Kier alpha value is -1.83. The Kier molecular flexibility index (Phi) is 1.68. The zero-order chi connectivity index (χ0) is 12.6. The molecule has 1 aromatic carbocycles. The van der Waals surface area contributed by atoms with Crippen molar-refractivity contribution in [3.8, 4) is 5.69 Å². The van der Waals surface area contributed by atoms with Crippen LogP contribution in [0.3, 0.4) is 0 Å². The Morgan fingerprint density at radius 2 is 1.89 bits per heavy atom. The van der Waals surface area contributed by atoms with E-state index in [-0.39, 0.29) is 5.82 Å². The molecule has 4 atom stereocenters. The number of allylic oxidation sites excluding steroid dienone is 2. The summed E-state index contributed by atoms with van der Waals surface area (Å²) in [6.07, 6.45) is 8.06. The van der Waals surface area contributed by atoms with E-state index in [1.54, 1.807) is 12.1 Å². The van der Waals surface area contributed by atoms with Gasteiger partial charge in [0.2, 0.25) is 0 Å². The molecule has 4 unspecified atom stereocenters. The second-order valence-electron chi connectivity index (χ2n) is 6.01. The van der Waals surface area contributed by atoms with Gasteiger partial charge in [0, 0.05) is 29.4 Å². The molecule has 1 aromatic heterocycles. The van der Waals surface area contributed by atoms with Crippen molar-refractivity contribution in [1.29, 1.82) is 0 Å². The molecule has 5 rings (SSSR count). The molecule has 1 aliphatic heterocycles. The van der Waals surface area contributed by atoms with Crippen molar-refractivity contribution >= 4 is 0 Å². The number of nitrogens with zero attached hydrogens (tertiary/aromatic N) is 1. The molecule has 0 N–H and O–H groups in total. The zero-order valence-corrected chi connectivity index (χ0v) is 10.5. The van der Waals surface area contributed by atoms with E-state index in [1.807, 2.05) is 6.07 Å². The highest BCUT2D eigenvalue weighted by Gasteiger charge is 2.49. The molecule has 1 fully saturated rings. The van der Waals surface area contributed by atoms with Gasteiger partial charge in [0.15, 0.2) is 0 Å². The summed E-state index contributed by atoms with van der Waals surface area (Å²) in [7, 11) is 0. The minimum atomic E-state index is -0.111. The van der Waals surface area contributed by atoms with E-state index < -0.39 is 0 Å². The van der Waals surface area contributed by atoms with Gasteiger partial charge in [-0.1, -0.05) is 12.2 Å². The van der Waals surface area contributed by atoms with Gasteiger partial charge in [0.1, 0.15) is 5.82 Å². The predicted octanol–water partition coefficient (Wildman–Crippen LogP) is 4.00. The number of hydrogen-bond donors (Lipinski definition) is 0. The maximum absolute atomic E-state index is 13.7. The smallest absolute Gasteiger partial charge is 0.123 e. The highest BCUT2D eigenvalue weighted by atomic mass is 19.1. The first-order valence-corrected chi connectivity index (χ1v) is 6.98. The summed E-state index contributed by atoms with van der Waals surface area (Å²) >= 11 is 0. The van der Waals surface area contributed by atoms with Crippen molar-refractivity contribution in [2.75, 3.05) is 0 Å². The standard InChI is InChI=1S/C17H14FN/c18-12-5-6-14-13(9-12)16-10-3-4-11(8-10)17(16)15-2-1-7-19(14)15/h1-7,9-11,16-17H,8H2. The Bertz CT molecular complexity index is 712. The summed E-state index contributed by atoms with van der Waals surface area (Å²) in [6.45, 7) is 0. The number of halogens is 1. The van der Waals surface area contributed by atoms with Crippen molar-refractivity contribution in [3.05, 3.63) is 65.8 Å². The summed E-state index contributed by atoms with van der Waals surface area (Å²) in [5, 5.41) is 0. The summed E-state index contributed by atoms with van der Waals surface area (Å²) in [4.78, 5) is 0.